The number of benzene rings is 1. The second-order valence-electron chi connectivity index (χ2n) is 7.50. The summed E-state index contributed by atoms with van der Waals surface area (Å²) in [7, 11) is 0. The number of nitrogens with zero attached hydrogens (tertiary/aromatic N) is 4. The zero-order chi connectivity index (χ0) is 19.3. The van der Waals surface area contributed by atoms with E-state index in [0.29, 0.717) is 34.7 Å². The van der Waals surface area contributed by atoms with Gasteiger partial charge in [0.05, 0.1) is 11.3 Å². The van der Waals surface area contributed by atoms with Gasteiger partial charge in [-0.25, -0.2) is 14.8 Å². The minimum atomic E-state index is -0.393. The minimum Gasteiger partial charge on any atom is -0.422 e. The highest BCUT2D eigenvalue weighted by atomic mass is 16.4. The summed E-state index contributed by atoms with van der Waals surface area (Å²) in [5.74, 6) is 0.550. The van der Waals surface area contributed by atoms with Crippen molar-refractivity contribution in [1.29, 1.82) is 0 Å². The molecule has 0 spiro atoms. The van der Waals surface area contributed by atoms with Crippen molar-refractivity contribution in [2.75, 3.05) is 18.0 Å². The summed E-state index contributed by atoms with van der Waals surface area (Å²) in [6.45, 7) is 6.21. The summed E-state index contributed by atoms with van der Waals surface area (Å²) in [4.78, 5) is 23.6. The second-order valence-corrected chi connectivity index (χ2v) is 7.50. The Morgan fingerprint density at radius 3 is 2.79 bits per heavy atom. The number of hydrogen-bond acceptors (Lipinski definition) is 6. The molecule has 1 aliphatic heterocycles. The predicted octanol–water partition coefficient (Wildman–Crippen LogP) is 2.69. The van der Waals surface area contributed by atoms with Crippen molar-refractivity contribution >= 4 is 22.4 Å². The highest BCUT2D eigenvalue weighted by Crippen LogP contribution is 2.26. The lowest BCUT2D eigenvalue weighted by atomic mass is 10.1. The monoisotopic (exact) mass is 375 g/mol. The first-order valence-electron chi connectivity index (χ1n) is 9.46. The Hall–Kier alpha value is -3.19. The van der Waals surface area contributed by atoms with Gasteiger partial charge in [0.1, 0.15) is 5.58 Å². The Morgan fingerprint density at radius 2 is 2.00 bits per heavy atom. The molecule has 0 saturated carbocycles. The molecule has 1 saturated heterocycles. The number of aromatic nitrogens is 3. The molecule has 0 amide bonds. The molecule has 0 radical (unpaired) electrons. The molecule has 3 aromatic heterocycles. The van der Waals surface area contributed by atoms with Crippen LogP contribution in [0.1, 0.15) is 13.8 Å². The lowest BCUT2D eigenvalue weighted by molar-refractivity contribution is 0.407. The zero-order valence-corrected chi connectivity index (χ0v) is 15.8. The average molecular weight is 375 g/mol. The highest BCUT2D eigenvalue weighted by Gasteiger charge is 2.21. The fourth-order valence-corrected chi connectivity index (χ4v) is 3.97. The molecular weight excluding hydrogens is 354 g/mol. The van der Waals surface area contributed by atoms with Crippen LogP contribution in [-0.2, 0) is 0 Å². The molecule has 1 aromatic carbocycles. The molecule has 1 N–H and O–H groups in total. The lowest BCUT2D eigenvalue weighted by Gasteiger charge is -2.37. The molecule has 142 valence electrons. The van der Waals surface area contributed by atoms with Gasteiger partial charge in [0.25, 0.3) is 0 Å². The van der Waals surface area contributed by atoms with Crippen molar-refractivity contribution in [3.63, 3.8) is 0 Å². The molecule has 0 aliphatic carbocycles. The molecule has 1 aliphatic rings. The molecule has 4 aromatic rings. The number of piperazine rings is 1. The van der Waals surface area contributed by atoms with Crippen molar-refractivity contribution in [2.45, 2.75) is 25.9 Å². The number of fused-ring (bicyclic) bond motifs is 2. The first-order chi connectivity index (χ1) is 13.6. The summed E-state index contributed by atoms with van der Waals surface area (Å²) in [6, 6.07) is 10.5. The van der Waals surface area contributed by atoms with Crippen LogP contribution in [0.4, 0.5) is 5.69 Å². The Bertz CT molecular complexity index is 1190. The number of nitrogens with one attached hydrogen (secondary N) is 1. The van der Waals surface area contributed by atoms with E-state index in [4.69, 9.17) is 4.42 Å². The quantitative estimate of drug-likeness (QED) is 0.543. The van der Waals surface area contributed by atoms with Crippen LogP contribution >= 0.6 is 0 Å². The third-order valence-electron chi connectivity index (χ3n) is 5.15. The fraction of sp³-hybridized carbons (Fsp3) is 0.286. The predicted molar refractivity (Wildman–Crippen MR) is 109 cm³/mol. The Kier molecular flexibility index (Phi) is 3.91. The molecule has 1 fully saturated rings. The fourth-order valence-electron chi connectivity index (χ4n) is 3.97. The summed E-state index contributed by atoms with van der Waals surface area (Å²) in [6.07, 6.45) is 5.32. The smallest absolute Gasteiger partial charge is 0.345 e. The zero-order valence-electron chi connectivity index (χ0n) is 15.8. The van der Waals surface area contributed by atoms with Gasteiger partial charge in [-0.1, -0.05) is 0 Å². The van der Waals surface area contributed by atoms with Crippen molar-refractivity contribution in [2.24, 2.45) is 0 Å². The van der Waals surface area contributed by atoms with E-state index in [1.54, 1.807) is 16.8 Å². The molecule has 4 heterocycles. The van der Waals surface area contributed by atoms with Crippen molar-refractivity contribution < 1.29 is 4.42 Å². The molecule has 7 nitrogen and oxygen atoms in total. The molecule has 5 rings (SSSR count). The van der Waals surface area contributed by atoms with Crippen LogP contribution in [0.3, 0.4) is 0 Å². The van der Waals surface area contributed by atoms with E-state index in [2.05, 4.69) is 40.1 Å². The topological polar surface area (TPSA) is 75.7 Å². The lowest BCUT2D eigenvalue weighted by Crippen LogP contribution is -2.54. The maximum absolute atomic E-state index is 12.6. The number of hydrogen-bond donors (Lipinski definition) is 1. The summed E-state index contributed by atoms with van der Waals surface area (Å²) < 4.78 is 7.45. The summed E-state index contributed by atoms with van der Waals surface area (Å²) in [5.41, 5.74) is 2.26. The number of anilines is 1. The van der Waals surface area contributed by atoms with Crippen LogP contribution in [0.15, 0.2) is 58.1 Å². The molecule has 0 bridgehead atoms. The molecule has 28 heavy (non-hydrogen) atoms. The maximum atomic E-state index is 12.6. The Balaban J connectivity index is 1.55. The maximum Gasteiger partial charge on any atom is 0.345 e. The molecular formula is C21H21N5O2. The van der Waals surface area contributed by atoms with Crippen LogP contribution in [0.25, 0.3) is 28.0 Å². The van der Waals surface area contributed by atoms with Crippen LogP contribution < -0.4 is 15.8 Å². The third kappa shape index (κ3) is 2.93. The van der Waals surface area contributed by atoms with Crippen LogP contribution in [0.2, 0.25) is 0 Å². The first-order valence-corrected chi connectivity index (χ1v) is 9.46. The van der Waals surface area contributed by atoms with Gasteiger partial charge in [0, 0.05) is 60.9 Å². The summed E-state index contributed by atoms with van der Waals surface area (Å²) in [5, 5.41) is 4.41. The van der Waals surface area contributed by atoms with E-state index in [0.717, 1.165) is 24.2 Å². The number of rotatable bonds is 2. The van der Waals surface area contributed by atoms with Gasteiger partial charge in [-0.15, -0.1) is 0 Å². The van der Waals surface area contributed by atoms with E-state index in [1.807, 2.05) is 30.5 Å². The first kappa shape index (κ1) is 16.9. The van der Waals surface area contributed by atoms with Crippen molar-refractivity contribution in [3.05, 3.63) is 59.3 Å². The largest absolute Gasteiger partial charge is 0.422 e. The van der Waals surface area contributed by atoms with Crippen LogP contribution in [-0.4, -0.2) is 39.5 Å². The van der Waals surface area contributed by atoms with Crippen LogP contribution in [0.5, 0.6) is 0 Å². The highest BCUT2D eigenvalue weighted by molar-refractivity contribution is 5.84. The van der Waals surface area contributed by atoms with Gasteiger partial charge in [-0.05, 0) is 38.1 Å². The van der Waals surface area contributed by atoms with E-state index < -0.39 is 5.63 Å². The SMILES string of the molecule is C[C@@H]1CN(c2ccc3cc(-c4cn5cccnc5n4)c(=O)oc3c2)C[C@H](C)N1. The van der Waals surface area contributed by atoms with Crippen molar-refractivity contribution in [3.8, 4) is 11.3 Å². The standard InChI is InChI=1S/C21H21N5O2/c1-13-10-26(11-14(2)23-13)16-5-4-15-8-17(20(27)28-19(15)9-16)18-12-25-7-3-6-22-21(25)24-18/h3-9,12-14,23H,10-11H2,1-2H3/t13-,14+. The van der Waals surface area contributed by atoms with E-state index >= 15 is 0 Å². The molecule has 7 heteroatoms. The number of imidazole rings is 1. The molecule has 2 atom stereocenters. The van der Waals surface area contributed by atoms with Gasteiger partial charge in [0.15, 0.2) is 0 Å². The molecule has 0 unspecified atom stereocenters. The van der Waals surface area contributed by atoms with Gasteiger partial charge in [-0.2, -0.15) is 0 Å². The second kappa shape index (κ2) is 6.45. The van der Waals surface area contributed by atoms with Gasteiger partial charge < -0.3 is 14.6 Å². The van der Waals surface area contributed by atoms with Crippen LogP contribution in [0, 0.1) is 0 Å². The van der Waals surface area contributed by atoms with E-state index in [-0.39, 0.29) is 0 Å². The van der Waals surface area contributed by atoms with E-state index in [1.165, 1.54) is 0 Å². The average Bonchev–Trinajstić information content (AvgIpc) is 3.10. The summed E-state index contributed by atoms with van der Waals surface area (Å²) >= 11 is 0. The Morgan fingerprint density at radius 1 is 1.18 bits per heavy atom. The van der Waals surface area contributed by atoms with Crippen molar-refractivity contribution in [1.82, 2.24) is 19.7 Å². The van der Waals surface area contributed by atoms with Gasteiger partial charge in [-0.3, -0.25) is 4.40 Å². The third-order valence-corrected chi connectivity index (χ3v) is 5.15. The normalized spacial score (nSPS) is 20.1. The van der Waals surface area contributed by atoms with E-state index in [9.17, 15) is 4.79 Å². The minimum absolute atomic E-state index is 0.393. The van der Waals surface area contributed by atoms with Gasteiger partial charge >= 0.3 is 5.63 Å². The van der Waals surface area contributed by atoms with Gasteiger partial charge in [0.2, 0.25) is 5.78 Å². The Labute approximate surface area is 161 Å².